The standard InChI is InChI=1S/C27H35FN2O5S/c1-19-15-30(20(2)18-31)36(33,34)26-11-8-21(12-13-27(3,4)32)14-24(26)35-25(19)17-29(5)16-22-6-9-23(28)10-7-22/h6-11,14,19-20,25,31-32H,15-18H2,1-5H3/t19-,20-,25-/m1/s1. The van der Waals surface area contributed by atoms with Gasteiger partial charge in [-0.2, -0.15) is 4.31 Å². The maximum atomic E-state index is 13.6. The van der Waals surface area contributed by atoms with Crippen LogP contribution in [0.3, 0.4) is 0 Å². The Hall–Kier alpha value is -2.48. The minimum absolute atomic E-state index is 0.00898. The summed E-state index contributed by atoms with van der Waals surface area (Å²) in [6.07, 6.45) is -0.379. The second-order valence-electron chi connectivity index (χ2n) is 10.0. The van der Waals surface area contributed by atoms with Gasteiger partial charge in [-0.3, -0.25) is 4.90 Å². The van der Waals surface area contributed by atoms with Crippen LogP contribution in [0.4, 0.5) is 4.39 Å². The van der Waals surface area contributed by atoms with E-state index in [9.17, 15) is 23.0 Å². The first-order chi connectivity index (χ1) is 16.8. The number of aliphatic hydroxyl groups is 2. The Morgan fingerprint density at radius 1 is 1.25 bits per heavy atom. The lowest BCUT2D eigenvalue weighted by Crippen LogP contribution is -2.49. The molecule has 9 heteroatoms. The van der Waals surface area contributed by atoms with Crippen LogP contribution in [-0.4, -0.2) is 72.3 Å². The fourth-order valence-corrected chi connectivity index (χ4v) is 5.85. The predicted octanol–water partition coefficient (Wildman–Crippen LogP) is 2.85. The van der Waals surface area contributed by atoms with Gasteiger partial charge in [0.15, 0.2) is 0 Å². The van der Waals surface area contributed by atoms with Gasteiger partial charge in [0.2, 0.25) is 10.0 Å². The number of hydrogen-bond acceptors (Lipinski definition) is 6. The quantitative estimate of drug-likeness (QED) is 0.572. The van der Waals surface area contributed by atoms with Crippen molar-refractivity contribution in [3.05, 3.63) is 59.4 Å². The summed E-state index contributed by atoms with van der Waals surface area (Å²) in [4.78, 5) is 2.05. The van der Waals surface area contributed by atoms with Crippen molar-refractivity contribution in [1.82, 2.24) is 9.21 Å². The summed E-state index contributed by atoms with van der Waals surface area (Å²) in [5.74, 6) is 5.29. The maximum Gasteiger partial charge on any atom is 0.247 e. The Morgan fingerprint density at radius 2 is 1.92 bits per heavy atom. The largest absolute Gasteiger partial charge is 0.487 e. The first-order valence-electron chi connectivity index (χ1n) is 11.9. The van der Waals surface area contributed by atoms with Gasteiger partial charge in [-0.05, 0) is 63.7 Å². The molecule has 1 heterocycles. The number of ether oxygens (including phenoxy) is 1. The highest BCUT2D eigenvalue weighted by Crippen LogP contribution is 2.34. The molecule has 0 bridgehead atoms. The highest BCUT2D eigenvalue weighted by atomic mass is 32.2. The van der Waals surface area contributed by atoms with E-state index in [2.05, 4.69) is 11.8 Å². The first-order valence-corrected chi connectivity index (χ1v) is 13.4. The lowest BCUT2D eigenvalue weighted by molar-refractivity contribution is 0.0733. The van der Waals surface area contributed by atoms with Crippen LogP contribution in [-0.2, 0) is 16.6 Å². The summed E-state index contributed by atoms with van der Waals surface area (Å²) >= 11 is 0. The van der Waals surface area contributed by atoms with Gasteiger partial charge in [0, 0.05) is 37.2 Å². The number of nitrogens with zero attached hydrogens (tertiary/aromatic N) is 2. The van der Waals surface area contributed by atoms with Crippen molar-refractivity contribution in [2.75, 3.05) is 26.7 Å². The number of fused-ring (bicyclic) bond motifs is 1. The van der Waals surface area contributed by atoms with Gasteiger partial charge in [0.25, 0.3) is 0 Å². The predicted molar refractivity (Wildman–Crippen MR) is 136 cm³/mol. The van der Waals surface area contributed by atoms with Crippen molar-refractivity contribution < 1.29 is 27.8 Å². The van der Waals surface area contributed by atoms with Gasteiger partial charge in [0.1, 0.15) is 28.2 Å². The molecular formula is C27H35FN2O5S. The molecule has 0 radical (unpaired) electrons. The van der Waals surface area contributed by atoms with Crippen molar-refractivity contribution in [1.29, 1.82) is 0 Å². The number of aliphatic hydroxyl groups excluding tert-OH is 1. The van der Waals surface area contributed by atoms with Crippen molar-refractivity contribution in [3.8, 4) is 17.6 Å². The fourth-order valence-electron chi connectivity index (χ4n) is 4.02. The zero-order valence-electron chi connectivity index (χ0n) is 21.4. The number of halogens is 1. The van der Waals surface area contributed by atoms with Crippen molar-refractivity contribution in [2.24, 2.45) is 5.92 Å². The second kappa shape index (κ2) is 11.3. The monoisotopic (exact) mass is 518 g/mol. The molecule has 7 nitrogen and oxygen atoms in total. The molecule has 0 saturated carbocycles. The van der Waals surface area contributed by atoms with Crippen LogP contribution < -0.4 is 4.74 Å². The van der Waals surface area contributed by atoms with Crippen LogP contribution in [0.2, 0.25) is 0 Å². The molecule has 2 aromatic carbocycles. The summed E-state index contributed by atoms with van der Waals surface area (Å²) < 4.78 is 48.1. The van der Waals surface area contributed by atoms with Gasteiger partial charge >= 0.3 is 0 Å². The average molecular weight is 519 g/mol. The van der Waals surface area contributed by atoms with Crippen LogP contribution in [0, 0.1) is 23.6 Å². The minimum Gasteiger partial charge on any atom is -0.487 e. The number of hydrogen-bond donors (Lipinski definition) is 2. The zero-order chi connectivity index (χ0) is 26.7. The van der Waals surface area contributed by atoms with Gasteiger partial charge < -0.3 is 14.9 Å². The van der Waals surface area contributed by atoms with Gasteiger partial charge in [-0.25, -0.2) is 12.8 Å². The second-order valence-corrected chi connectivity index (χ2v) is 11.9. The molecule has 2 aromatic rings. The number of rotatable bonds is 6. The normalized spacial score (nSPS) is 20.9. The first kappa shape index (κ1) is 28.1. The Labute approximate surface area is 213 Å². The van der Waals surface area contributed by atoms with Gasteiger partial charge in [-0.15, -0.1) is 0 Å². The molecule has 0 spiro atoms. The van der Waals surface area contributed by atoms with E-state index in [-0.39, 0.29) is 41.6 Å². The molecule has 0 fully saturated rings. The highest BCUT2D eigenvalue weighted by molar-refractivity contribution is 7.89. The van der Waals surface area contributed by atoms with E-state index >= 15 is 0 Å². The van der Waals surface area contributed by atoms with Crippen molar-refractivity contribution in [2.45, 2.75) is 56.9 Å². The topological polar surface area (TPSA) is 90.3 Å². The van der Waals surface area contributed by atoms with E-state index in [4.69, 9.17) is 4.74 Å². The fraction of sp³-hybridized carbons (Fsp3) is 0.481. The third-order valence-electron chi connectivity index (χ3n) is 6.04. The van der Waals surface area contributed by atoms with Gasteiger partial charge in [-0.1, -0.05) is 30.9 Å². The van der Waals surface area contributed by atoms with Crippen LogP contribution in [0.15, 0.2) is 47.4 Å². The third kappa shape index (κ3) is 7.05. The zero-order valence-corrected chi connectivity index (χ0v) is 22.2. The van der Waals surface area contributed by atoms with E-state index < -0.39 is 21.7 Å². The average Bonchev–Trinajstić information content (AvgIpc) is 2.80. The summed E-state index contributed by atoms with van der Waals surface area (Å²) in [6.45, 7) is 7.64. The Morgan fingerprint density at radius 3 is 2.53 bits per heavy atom. The molecule has 0 aliphatic carbocycles. The molecule has 0 amide bonds. The van der Waals surface area contributed by atoms with Gasteiger partial charge in [0.05, 0.1) is 6.61 Å². The molecule has 196 valence electrons. The van der Waals surface area contributed by atoms with E-state index in [1.54, 1.807) is 45.0 Å². The molecule has 3 rings (SSSR count). The molecule has 36 heavy (non-hydrogen) atoms. The Bertz CT molecular complexity index is 1220. The van der Waals surface area contributed by atoms with Crippen LogP contribution in [0.1, 0.15) is 38.8 Å². The minimum atomic E-state index is -3.95. The molecule has 2 N–H and O–H groups in total. The summed E-state index contributed by atoms with van der Waals surface area (Å²) in [7, 11) is -2.02. The maximum absolute atomic E-state index is 13.6. The Balaban J connectivity index is 1.99. The SMILES string of the molecule is C[C@@H]1CN([C@H](C)CO)S(=O)(=O)c2ccc(C#CC(C)(C)O)cc2O[C@@H]1CN(C)Cc1ccc(F)cc1. The third-order valence-corrected chi connectivity index (χ3v) is 8.06. The molecule has 3 atom stereocenters. The van der Waals surface area contributed by atoms with E-state index in [1.165, 1.54) is 22.5 Å². The lowest BCUT2D eigenvalue weighted by atomic mass is 10.0. The summed E-state index contributed by atoms with van der Waals surface area (Å²) in [5, 5.41) is 19.7. The number of benzene rings is 2. The molecule has 0 unspecified atom stereocenters. The highest BCUT2D eigenvalue weighted by Gasteiger charge is 2.38. The smallest absolute Gasteiger partial charge is 0.247 e. The van der Waals surface area contributed by atoms with Crippen molar-refractivity contribution >= 4 is 10.0 Å². The van der Waals surface area contributed by atoms with Crippen LogP contribution >= 0.6 is 0 Å². The molecule has 0 saturated heterocycles. The number of likely N-dealkylation sites (N-methyl/N-ethyl adjacent to an activating group) is 1. The molecule has 1 aliphatic heterocycles. The summed E-state index contributed by atoms with van der Waals surface area (Å²) in [5.41, 5.74) is 0.254. The molecular weight excluding hydrogens is 483 g/mol. The van der Waals surface area contributed by atoms with E-state index in [0.717, 1.165) is 5.56 Å². The lowest BCUT2D eigenvalue weighted by Gasteiger charge is -2.37. The molecule has 0 aromatic heterocycles. The van der Waals surface area contributed by atoms with Crippen LogP contribution in [0.25, 0.3) is 0 Å². The van der Waals surface area contributed by atoms with Crippen molar-refractivity contribution in [3.63, 3.8) is 0 Å². The van der Waals surface area contributed by atoms with Crippen LogP contribution in [0.5, 0.6) is 5.75 Å². The van der Waals surface area contributed by atoms with E-state index in [0.29, 0.717) is 18.7 Å². The molecule has 1 aliphatic rings. The van der Waals surface area contributed by atoms with E-state index in [1.807, 2.05) is 18.9 Å². The summed E-state index contributed by atoms with van der Waals surface area (Å²) in [6, 6.07) is 10.3. The number of sulfonamides is 1. The Kier molecular flexibility index (Phi) is 8.80.